The van der Waals surface area contributed by atoms with E-state index in [4.69, 9.17) is 4.74 Å². The molecule has 0 aliphatic carbocycles. The highest BCUT2D eigenvalue weighted by Gasteiger charge is 2.27. The van der Waals surface area contributed by atoms with Gasteiger partial charge in [-0.15, -0.1) is 0 Å². The Hall–Kier alpha value is -1.27. The standard InChI is InChI=1S/C14H17F3O3/c15-14(16,17)9-19-8-6-12(18)11-5-1-3-10-4-2-7-20-13(10)11/h1,3,5,12,18H,2,4,6-9H2. The van der Waals surface area contributed by atoms with Crippen molar-refractivity contribution in [3.8, 4) is 5.75 Å². The van der Waals surface area contributed by atoms with Crippen LogP contribution in [0.4, 0.5) is 13.2 Å². The molecule has 6 heteroatoms. The number of benzene rings is 1. The second-order valence-electron chi connectivity index (χ2n) is 4.76. The van der Waals surface area contributed by atoms with Crippen molar-refractivity contribution in [2.75, 3.05) is 19.8 Å². The fraction of sp³-hybridized carbons (Fsp3) is 0.571. The lowest BCUT2D eigenvalue weighted by atomic mass is 9.98. The van der Waals surface area contributed by atoms with Gasteiger partial charge in [0, 0.05) is 18.6 Å². The first-order chi connectivity index (χ1) is 9.47. The van der Waals surface area contributed by atoms with Crippen molar-refractivity contribution < 1.29 is 27.8 Å². The predicted octanol–water partition coefficient (Wildman–Crippen LogP) is 3.01. The van der Waals surface area contributed by atoms with Gasteiger partial charge in [0.1, 0.15) is 12.4 Å². The molecule has 0 spiro atoms. The fourth-order valence-electron chi connectivity index (χ4n) is 2.22. The average Bonchev–Trinajstić information content (AvgIpc) is 2.41. The monoisotopic (exact) mass is 290 g/mol. The highest BCUT2D eigenvalue weighted by atomic mass is 19.4. The molecule has 2 rings (SSSR count). The molecule has 112 valence electrons. The number of aliphatic hydroxyl groups is 1. The van der Waals surface area contributed by atoms with E-state index in [1.54, 1.807) is 6.07 Å². The molecule has 1 N–H and O–H groups in total. The zero-order valence-corrected chi connectivity index (χ0v) is 10.9. The van der Waals surface area contributed by atoms with Gasteiger partial charge in [-0.1, -0.05) is 18.2 Å². The third-order valence-corrected chi connectivity index (χ3v) is 3.12. The summed E-state index contributed by atoms with van der Waals surface area (Å²) in [5, 5.41) is 10.1. The zero-order valence-electron chi connectivity index (χ0n) is 10.9. The molecular formula is C14H17F3O3. The summed E-state index contributed by atoms with van der Waals surface area (Å²) in [6.45, 7) is -0.839. The fourth-order valence-corrected chi connectivity index (χ4v) is 2.22. The van der Waals surface area contributed by atoms with Crippen molar-refractivity contribution in [3.05, 3.63) is 29.3 Å². The highest BCUT2D eigenvalue weighted by molar-refractivity contribution is 5.43. The summed E-state index contributed by atoms with van der Waals surface area (Å²) in [4.78, 5) is 0. The minimum Gasteiger partial charge on any atom is -0.493 e. The molecule has 0 saturated heterocycles. The van der Waals surface area contributed by atoms with Crippen LogP contribution in [0.1, 0.15) is 30.1 Å². The smallest absolute Gasteiger partial charge is 0.411 e. The minimum absolute atomic E-state index is 0.107. The van der Waals surface area contributed by atoms with Crippen LogP contribution >= 0.6 is 0 Å². The summed E-state index contributed by atoms with van der Waals surface area (Å²) >= 11 is 0. The van der Waals surface area contributed by atoms with Crippen molar-refractivity contribution in [3.63, 3.8) is 0 Å². The van der Waals surface area contributed by atoms with Gasteiger partial charge in [-0.25, -0.2) is 0 Å². The molecule has 1 aliphatic heterocycles. The molecule has 3 nitrogen and oxygen atoms in total. The van der Waals surface area contributed by atoms with E-state index < -0.39 is 18.9 Å². The first-order valence-electron chi connectivity index (χ1n) is 6.54. The summed E-state index contributed by atoms with van der Waals surface area (Å²) < 4.78 is 45.8. The molecule has 1 unspecified atom stereocenters. The van der Waals surface area contributed by atoms with E-state index in [9.17, 15) is 18.3 Å². The number of halogens is 3. The van der Waals surface area contributed by atoms with E-state index in [0.29, 0.717) is 17.9 Å². The Morgan fingerprint density at radius 2 is 2.15 bits per heavy atom. The molecule has 0 bridgehead atoms. The first-order valence-corrected chi connectivity index (χ1v) is 6.54. The quantitative estimate of drug-likeness (QED) is 0.847. The molecule has 0 aromatic heterocycles. The number of aliphatic hydroxyl groups excluding tert-OH is 1. The van der Waals surface area contributed by atoms with E-state index >= 15 is 0 Å². The van der Waals surface area contributed by atoms with Crippen LogP contribution in [0.2, 0.25) is 0 Å². The molecule has 1 aromatic rings. The lowest BCUT2D eigenvalue weighted by molar-refractivity contribution is -0.175. The summed E-state index contributed by atoms with van der Waals surface area (Å²) in [6, 6.07) is 5.49. The third kappa shape index (κ3) is 4.11. The molecule has 0 fully saturated rings. The summed E-state index contributed by atoms with van der Waals surface area (Å²) in [7, 11) is 0. The summed E-state index contributed by atoms with van der Waals surface area (Å²) in [5.41, 5.74) is 1.65. The highest BCUT2D eigenvalue weighted by Crippen LogP contribution is 2.34. The molecule has 20 heavy (non-hydrogen) atoms. The number of para-hydroxylation sites is 1. The van der Waals surface area contributed by atoms with Crippen molar-refractivity contribution in [1.29, 1.82) is 0 Å². The number of rotatable bonds is 5. The van der Waals surface area contributed by atoms with Crippen LogP contribution in [0.25, 0.3) is 0 Å². The number of ether oxygens (including phenoxy) is 2. The van der Waals surface area contributed by atoms with Gasteiger partial charge in [0.15, 0.2) is 0 Å². The normalized spacial score (nSPS) is 16.4. The maximum Gasteiger partial charge on any atom is 0.411 e. The summed E-state index contributed by atoms with van der Waals surface area (Å²) in [6.07, 6.45) is -3.28. The van der Waals surface area contributed by atoms with Gasteiger partial charge in [0.2, 0.25) is 0 Å². The average molecular weight is 290 g/mol. The Labute approximate surface area is 115 Å². The number of hydrogen-bond donors (Lipinski definition) is 1. The van der Waals surface area contributed by atoms with Crippen molar-refractivity contribution in [1.82, 2.24) is 0 Å². The van der Waals surface area contributed by atoms with Gasteiger partial charge in [-0.3, -0.25) is 0 Å². The van der Waals surface area contributed by atoms with Crippen LogP contribution in [-0.2, 0) is 11.2 Å². The number of aryl methyl sites for hydroxylation is 1. The van der Waals surface area contributed by atoms with Gasteiger partial charge in [-0.05, 0) is 18.4 Å². The number of fused-ring (bicyclic) bond motifs is 1. The lowest BCUT2D eigenvalue weighted by Gasteiger charge is -2.22. The summed E-state index contributed by atoms with van der Waals surface area (Å²) in [5.74, 6) is 0.669. The van der Waals surface area contributed by atoms with E-state index in [-0.39, 0.29) is 13.0 Å². The number of alkyl halides is 3. The molecule has 0 saturated carbocycles. The topological polar surface area (TPSA) is 38.7 Å². The van der Waals surface area contributed by atoms with Crippen LogP contribution in [0, 0.1) is 0 Å². The Morgan fingerprint density at radius 1 is 1.35 bits per heavy atom. The van der Waals surface area contributed by atoms with Crippen molar-refractivity contribution in [2.24, 2.45) is 0 Å². The van der Waals surface area contributed by atoms with E-state index in [1.807, 2.05) is 12.1 Å². The molecule has 1 aliphatic rings. The zero-order chi connectivity index (χ0) is 14.6. The van der Waals surface area contributed by atoms with Gasteiger partial charge in [-0.2, -0.15) is 13.2 Å². The largest absolute Gasteiger partial charge is 0.493 e. The van der Waals surface area contributed by atoms with Crippen LogP contribution in [0.3, 0.4) is 0 Å². The SMILES string of the molecule is OC(CCOCC(F)(F)F)c1cccc2c1OCCC2. The molecule has 1 heterocycles. The van der Waals surface area contributed by atoms with E-state index in [0.717, 1.165) is 18.4 Å². The predicted molar refractivity (Wildman–Crippen MR) is 66.7 cm³/mol. The maximum absolute atomic E-state index is 11.9. The van der Waals surface area contributed by atoms with Gasteiger partial charge < -0.3 is 14.6 Å². The Kier molecular flexibility index (Phi) is 4.88. The number of hydrogen-bond acceptors (Lipinski definition) is 3. The molecule has 1 atom stereocenters. The molecular weight excluding hydrogens is 273 g/mol. The Morgan fingerprint density at radius 3 is 2.90 bits per heavy atom. The van der Waals surface area contributed by atoms with Crippen molar-refractivity contribution >= 4 is 0 Å². The lowest BCUT2D eigenvalue weighted by Crippen LogP contribution is -2.18. The third-order valence-electron chi connectivity index (χ3n) is 3.12. The molecule has 0 amide bonds. The van der Waals surface area contributed by atoms with Crippen LogP contribution in [-0.4, -0.2) is 31.1 Å². The van der Waals surface area contributed by atoms with E-state index in [2.05, 4.69) is 4.74 Å². The second-order valence-corrected chi connectivity index (χ2v) is 4.76. The van der Waals surface area contributed by atoms with Gasteiger partial charge in [0.05, 0.1) is 12.7 Å². The second kappa shape index (κ2) is 6.45. The van der Waals surface area contributed by atoms with E-state index in [1.165, 1.54) is 0 Å². The molecule has 1 aromatic carbocycles. The minimum atomic E-state index is -4.33. The van der Waals surface area contributed by atoms with Crippen LogP contribution in [0.5, 0.6) is 5.75 Å². The van der Waals surface area contributed by atoms with Gasteiger partial charge >= 0.3 is 6.18 Å². The van der Waals surface area contributed by atoms with Crippen LogP contribution in [0.15, 0.2) is 18.2 Å². The Bertz CT molecular complexity index is 446. The van der Waals surface area contributed by atoms with Crippen LogP contribution < -0.4 is 4.74 Å². The molecule has 0 radical (unpaired) electrons. The van der Waals surface area contributed by atoms with Gasteiger partial charge in [0.25, 0.3) is 0 Å². The van der Waals surface area contributed by atoms with Crippen molar-refractivity contribution in [2.45, 2.75) is 31.5 Å². The maximum atomic E-state index is 11.9. The first kappa shape index (κ1) is 15.1. The Balaban J connectivity index is 1.91.